The normalized spacial score (nSPS) is 8.71. The highest BCUT2D eigenvalue weighted by Crippen LogP contribution is 2.27. The van der Waals surface area contributed by atoms with Crippen LogP contribution in [-0.2, 0) is 6.42 Å². The molecule has 0 spiro atoms. The second-order valence-corrected chi connectivity index (χ2v) is 2.63. The lowest BCUT2D eigenvalue weighted by molar-refractivity contribution is 0.362. The minimum atomic E-state index is 0.137. The first-order valence-corrected chi connectivity index (χ1v) is 4.10. The van der Waals surface area contributed by atoms with Crippen molar-refractivity contribution in [1.82, 2.24) is 0 Å². The van der Waals surface area contributed by atoms with Gasteiger partial charge >= 0.3 is 0 Å². The van der Waals surface area contributed by atoms with Gasteiger partial charge in [0.25, 0.3) is 0 Å². The Bertz CT molecular complexity index is 394. The fourth-order valence-electron chi connectivity index (χ4n) is 1.09. The number of hydrogen-bond acceptors (Lipinski definition) is 2. The minimum absolute atomic E-state index is 0.137. The third-order valence-corrected chi connectivity index (χ3v) is 1.70. The van der Waals surface area contributed by atoms with Gasteiger partial charge in [-0.25, -0.2) is 0 Å². The van der Waals surface area contributed by atoms with Crippen LogP contribution in [0.5, 0.6) is 11.5 Å². The summed E-state index contributed by atoms with van der Waals surface area (Å²) in [6.07, 6.45) is 10.6. The second kappa shape index (κ2) is 4.84. The lowest BCUT2D eigenvalue weighted by atomic mass is 10.1. The molecule has 0 saturated heterocycles. The number of hydrogen-bond donors (Lipinski definition) is 1. The molecule has 1 aromatic carbocycles. The van der Waals surface area contributed by atoms with E-state index in [1.165, 1.54) is 0 Å². The lowest BCUT2D eigenvalue weighted by Gasteiger charge is -2.08. The van der Waals surface area contributed by atoms with Gasteiger partial charge in [0.05, 0.1) is 0 Å². The topological polar surface area (TPSA) is 29.5 Å². The van der Waals surface area contributed by atoms with Gasteiger partial charge in [0, 0.05) is 12.0 Å². The van der Waals surface area contributed by atoms with E-state index in [9.17, 15) is 5.11 Å². The summed E-state index contributed by atoms with van der Waals surface area (Å²) in [6.45, 7) is 0.168. The van der Waals surface area contributed by atoms with Crippen molar-refractivity contribution in [2.75, 3.05) is 6.61 Å². The first-order chi connectivity index (χ1) is 6.79. The van der Waals surface area contributed by atoms with Crippen LogP contribution in [0.3, 0.4) is 0 Å². The third-order valence-electron chi connectivity index (χ3n) is 1.70. The van der Waals surface area contributed by atoms with E-state index < -0.39 is 0 Å². The summed E-state index contributed by atoms with van der Waals surface area (Å²) >= 11 is 0. The molecule has 0 fully saturated rings. The molecule has 0 amide bonds. The maximum Gasteiger partial charge on any atom is 0.148 e. The van der Waals surface area contributed by atoms with Gasteiger partial charge < -0.3 is 9.84 Å². The Morgan fingerprint density at radius 1 is 1.29 bits per heavy atom. The molecule has 0 aliphatic rings. The number of benzene rings is 1. The fraction of sp³-hybridized carbons (Fsp3) is 0.167. The first kappa shape index (κ1) is 10.0. The fourth-order valence-corrected chi connectivity index (χ4v) is 1.09. The highest BCUT2D eigenvalue weighted by Gasteiger charge is 2.06. The molecule has 0 unspecified atom stereocenters. The van der Waals surface area contributed by atoms with E-state index in [1.54, 1.807) is 18.2 Å². The molecule has 2 nitrogen and oxygen atoms in total. The monoisotopic (exact) mass is 186 g/mol. The van der Waals surface area contributed by atoms with E-state index in [0.717, 1.165) is 0 Å². The van der Waals surface area contributed by atoms with Gasteiger partial charge in [-0.15, -0.1) is 18.8 Å². The molecular weight excluding hydrogens is 176 g/mol. The first-order valence-electron chi connectivity index (χ1n) is 4.10. The molecule has 0 radical (unpaired) electrons. The van der Waals surface area contributed by atoms with Crippen LogP contribution in [0.1, 0.15) is 5.56 Å². The van der Waals surface area contributed by atoms with Gasteiger partial charge in [0.2, 0.25) is 0 Å². The summed E-state index contributed by atoms with van der Waals surface area (Å²) in [5.74, 6) is 5.48. The van der Waals surface area contributed by atoms with Crippen molar-refractivity contribution in [2.24, 2.45) is 0 Å². The molecule has 1 N–H and O–H groups in total. The van der Waals surface area contributed by atoms with E-state index >= 15 is 0 Å². The van der Waals surface area contributed by atoms with Crippen LogP contribution in [-0.4, -0.2) is 11.7 Å². The van der Waals surface area contributed by atoms with E-state index in [0.29, 0.717) is 17.7 Å². The van der Waals surface area contributed by atoms with Crippen LogP contribution in [0.25, 0.3) is 0 Å². The maximum atomic E-state index is 9.49. The summed E-state index contributed by atoms with van der Waals surface area (Å²) in [4.78, 5) is 0. The molecule has 0 aliphatic heterocycles. The summed E-state index contributed by atoms with van der Waals surface area (Å²) in [5.41, 5.74) is 0.602. The van der Waals surface area contributed by atoms with Crippen molar-refractivity contribution < 1.29 is 9.84 Å². The number of terminal acetylenes is 2. The highest BCUT2D eigenvalue weighted by molar-refractivity contribution is 5.45. The molecule has 0 atom stereocenters. The number of phenolic OH excluding ortho intramolecular Hbond substituents is 1. The van der Waals surface area contributed by atoms with Gasteiger partial charge in [-0.05, 0) is 12.1 Å². The van der Waals surface area contributed by atoms with Crippen molar-refractivity contribution in [3.05, 3.63) is 23.8 Å². The smallest absolute Gasteiger partial charge is 0.148 e. The van der Waals surface area contributed by atoms with Crippen LogP contribution in [0, 0.1) is 24.7 Å². The van der Waals surface area contributed by atoms with Gasteiger partial charge in [0.1, 0.15) is 18.1 Å². The van der Waals surface area contributed by atoms with Crippen LogP contribution < -0.4 is 4.74 Å². The molecule has 2 heteroatoms. The van der Waals surface area contributed by atoms with E-state index in [2.05, 4.69) is 11.8 Å². The Morgan fingerprint density at radius 2 is 2.07 bits per heavy atom. The van der Waals surface area contributed by atoms with Crippen molar-refractivity contribution in [1.29, 1.82) is 0 Å². The Morgan fingerprint density at radius 3 is 2.71 bits per heavy atom. The van der Waals surface area contributed by atoms with Crippen molar-refractivity contribution in [2.45, 2.75) is 6.42 Å². The van der Waals surface area contributed by atoms with E-state index in [1.807, 2.05) is 0 Å². The zero-order valence-electron chi connectivity index (χ0n) is 7.66. The molecule has 0 aromatic heterocycles. The van der Waals surface area contributed by atoms with Gasteiger partial charge in [-0.1, -0.05) is 12.0 Å². The third kappa shape index (κ3) is 2.21. The largest absolute Gasteiger partial charge is 0.507 e. The summed E-state index contributed by atoms with van der Waals surface area (Å²) < 4.78 is 5.23. The zero-order chi connectivity index (χ0) is 10.4. The van der Waals surface area contributed by atoms with Gasteiger partial charge in [-0.3, -0.25) is 0 Å². The number of phenols is 1. The molecule has 14 heavy (non-hydrogen) atoms. The van der Waals surface area contributed by atoms with Crippen LogP contribution >= 0.6 is 0 Å². The molecular formula is C12H10O2. The minimum Gasteiger partial charge on any atom is -0.507 e. The number of aromatic hydroxyl groups is 1. The SMILES string of the molecule is C#CCOc1cccc(O)c1CC#C. The Kier molecular flexibility index (Phi) is 3.47. The van der Waals surface area contributed by atoms with Crippen LogP contribution in [0.2, 0.25) is 0 Å². The second-order valence-electron chi connectivity index (χ2n) is 2.63. The van der Waals surface area contributed by atoms with Gasteiger partial charge in [0.15, 0.2) is 0 Å². The number of ether oxygens (including phenoxy) is 1. The Balaban J connectivity index is 2.98. The summed E-state index contributed by atoms with van der Waals surface area (Å²) in [7, 11) is 0. The van der Waals surface area contributed by atoms with E-state index in [4.69, 9.17) is 17.6 Å². The quantitative estimate of drug-likeness (QED) is 0.726. The zero-order valence-corrected chi connectivity index (χ0v) is 7.66. The predicted molar refractivity (Wildman–Crippen MR) is 55.0 cm³/mol. The molecule has 0 aliphatic carbocycles. The van der Waals surface area contributed by atoms with Crippen molar-refractivity contribution in [3.8, 4) is 36.2 Å². The standard InChI is InChI=1S/C12H10O2/c1-3-6-10-11(13)7-5-8-12(10)14-9-4-2/h1-2,5,7-8,13H,6,9H2. The highest BCUT2D eigenvalue weighted by atomic mass is 16.5. The Hall–Kier alpha value is -2.06. The average molecular weight is 186 g/mol. The molecule has 0 bridgehead atoms. The summed E-state index contributed by atoms with van der Waals surface area (Å²) in [6, 6.07) is 4.97. The van der Waals surface area contributed by atoms with Crippen molar-refractivity contribution >= 4 is 0 Å². The van der Waals surface area contributed by atoms with Crippen LogP contribution in [0.4, 0.5) is 0 Å². The molecule has 1 rings (SSSR count). The van der Waals surface area contributed by atoms with Crippen molar-refractivity contribution in [3.63, 3.8) is 0 Å². The molecule has 0 saturated carbocycles. The number of rotatable bonds is 3. The Labute approximate surface area is 83.5 Å². The molecule has 0 heterocycles. The predicted octanol–water partition coefficient (Wildman–Crippen LogP) is 1.58. The lowest BCUT2D eigenvalue weighted by Crippen LogP contribution is -1.97. The molecule has 70 valence electrons. The maximum absolute atomic E-state index is 9.49. The summed E-state index contributed by atoms with van der Waals surface area (Å²) in [5, 5.41) is 9.49. The van der Waals surface area contributed by atoms with E-state index in [-0.39, 0.29) is 12.4 Å². The van der Waals surface area contributed by atoms with Gasteiger partial charge in [-0.2, -0.15) is 0 Å². The molecule has 1 aromatic rings. The van der Waals surface area contributed by atoms with Crippen LogP contribution in [0.15, 0.2) is 18.2 Å². The average Bonchev–Trinajstić information content (AvgIpc) is 2.19.